The van der Waals surface area contributed by atoms with Gasteiger partial charge >= 0.3 is 0 Å². The van der Waals surface area contributed by atoms with Crippen LogP contribution in [0, 0.1) is 5.82 Å². The van der Waals surface area contributed by atoms with Crippen LogP contribution in [-0.4, -0.2) is 28.1 Å². The van der Waals surface area contributed by atoms with Gasteiger partial charge in [0.1, 0.15) is 5.82 Å². The summed E-state index contributed by atoms with van der Waals surface area (Å²) < 4.78 is 15.1. The summed E-state index contributed by atoms with van der Waals surface area (Å²) in [5.41, 5.74) is 3.26. The topological polar surface area (TPSA) is 76.0 Å². The van der Waals surface area contributed by atoms with E-state index in [1.54, 1.807) is 16.8 Å². The Morgan fingerprint density at radius 1 is 0.968 bits per heavy atom. The molecule has 3 rings (SSSR count). The number of rotatable bonds is 10. The second kappa shape index (κ2) is 11.1. The third kappa shape index (κ3) is 6.77. The lowest BCUT2D eigenvalue weighted by Gasteiger charge is -2.06. The highest BCUT2D eigenvalue weighted by molar-refractivity contribution is 5.76. The number of hydrogen-bond acceptors (Lipinski definition) is 3. The lowest BCUT2D eigenvalue weighted by Crippen LogP contribution is -2.23. The van der Waals surface area contributed by atoms with Gasteiger partial charge in [-0.05, 0) is 49.2 Å². The van der Waals surface area contributed by atoms with Crippen LogP contribution in [0.1, 0.15) is 38.2 Å². The van der Waals surface area contributed by atoms with Gasteiger partial charge in [-0.3, -0.25) is 9.59 Å². The monoisotopic (exact) mass is 422 g/mol. The standard InChI is InChI=1S/C24H27FN4O2/c1-18(30)26-15-7-3-6-10-23(31)27-16-20-17-29(22-8-4-2-5-9-22)28-24(20)19-11-13-21(25)14-12-19/h2,4-5,8-9,11-14,17H,3,6-7,10,15-16H2,1H3,(H,26,30)(H,27,31). The number of benzene rings is 2. The van der Waals surface area contributed by atoms with Crippen LogP contribution in [0.15, 0.2) is 60.8 Å². The van der Waals surface area contributed by atoms with E-state index in [1.165, 1.54) is 19.1 Å². The summed E-state index contributed by atoms with van der Waals surface area (Å²) in [6.07, 6.45) is 4.81. The number of aromatic nitrogens is 2. The fraction of sp³-hybridized carbons (Fsp3) is 0.292. The first kappa shape index (κ1) is 22.2. The molecule has 31 heavy (non-hydrogen) atoms. The molecule has 0 aliphatic carbocycles. The Labute approximate surface area is 181 Å². The first-order valence-electron chi connectivity index (χ1n) is 10.4. The molecular formula is C24H27FN4O2. The van der Waals surface area contributed by atoms with E-state index in [9.17, 15) is 14.0 Å². The molecule has 2 amide bonds. The maximum absolute atomic E-state index is 13.4. The van der Waals surface area contributed by atoms with E-state index in [0.717, 1.165) is 36.1 Å². The van der Waals surface area contributed by atoms with E-state index in [-0.39, 0.29) is 17.6 Å². The minimum absolute atomic E-state index is 0.0305. The Morgan fingerprint density at radius 3 is 2.42 bits per heavy atom. The van der Waals surface area contributed by atoms with Crippen molar-refractivity contribution < 1.29 is 14.0 Å². The lowest BCUT2D eigenvalue weighted by atomic mass is 10.1. The van der Waals surface area contributed by atoms with E-state index >= 15 is 0 Å². The zero-order valence-corrected chi connectivity index (χ0v) is 17.6. The van der Waals surface area contributed by atoms with Crippen molar-refractivity contribution in [3.8, 4) is 16.9 Å². The Bertz CT molecular complexity index is 1000. The Morgan fingerprint density at radius 2 is 1.71 bits per heavy atom. The van der Waals surface area contributed by atoms with E-state index in [2.05, 4.69) is 15.7 Å². The van der Waals surface area contributed by atoms with Crippen molar-refractivity contribution in [1.29, 1.82) is 0 Å². The molecular weight excluding hydrogens is 395 g/mol. The summed E-state index contributed by atoms with van der Waals surface area (Å²) in [7, 11) is 0. The molecule has 0 aliphatic rings. The van der Waals surface area contributed by atoms with E-state index in [1.807, 2.05) is 36.5 Å². The molecule has 6 nitrogen and oxygen atoms in total. The van der Waals surface area contributed by atoms with Gasteiger partial charge < -0.3 is 10.6 Å². The van der Waals surface area contributed by atoms with Gasteiger partial charge in [-0.25, -0.2) is 9.07 Å². The van der Waals surface area contributed by atoms with Crippen molar-refractivity contribution in [1.82, 2.24) is 20.4 Å². The van der Waals surface area contributed by atoms with Gasteiger partial charge in [0, 0.05) is 43.8 Å². The number of hydrogen-bond donors (Lipinski definition) is 2. The van der Waals surface area contributed by atoms with Crippen molar-refractivity contribution in [3.63, 3.8) is 0 Å². The quantitative estimate of drug-likeness (QED) is 0.485. The van der Waals surface area contributed by atoms with Gasteiger partial charge in [0.2, 0.25) is 11.8 Å². The van der Waals surface area contributed by atoms with Crippen molar-refractivity contribution in [2.24, 2.45) is 0 Å². The number of unbranched alkanes of at least 4 members (excludes halogenated alkanes) is 2. The highest BCUT2D eigenvalue weighted by Crippen LogP contribution is 2.24. The second-order valence-corrected chi connectivity index (χ2v) is 7.36. The highest BCUT2D eigenvalue weighted by atomic mass is 19.1. The molecule has 0 radical (unpaired) electrons. The Balaban J connectivity index is 1.63. The average molecular weight is 423 g/mol. The predicted molar refractivity (Wildman–Crippen MR) is 118 cm³/mol. The van der Waals surface area contributed by atoms with Crippen LogP contribution in [0.5, 0.6) is 0 Å². The zero-order valence-electron chi connectivity index (χ0n) is 17.6. The number of carbonyl (C=O) groups is 2. The van der Waals surface area contributed by atoms with Crippen molar-refractivity contribution >= 4 is 11.8 Å². The number of amides is 2. The Hall–Kier alpha value is -3.48. The average Bonchev–Trinajstić information content (AvgIpc) is 3.20. The summed E-state index contributed by atoms with van der Waals surface area (Å²) in [5.74, 6) is -0.373. The third-order valence-electron chi connectivity index (χ3n) is 4.86. The van der Waals surface area contributed by atoms with Crippen LogP contribution in [0.2, 0.25) is 0 Å². The number of halogens is 1. The number of para-hydroxylation sites is 1. The number of nitrogens with one attached hydrogen (secondary N) is 2. The largest absolute Gasteiger partial charge is 0.356 e. The van der Waals surface area contributed by atoms with E-state index in [0.29, 0.717) is 25.2 Å². The maximum Gasteiger partial charge on any atom is 0.220 e. The summed E-state index contributed by atoms with van der Waals surface area (Å²) in [6, 6.07) is 15.9. The summed E-state index contributed by atoms with van der Waals surface area (Å²) in [5, 5.41) is 10.4. The van der Waals surface area contributed by atoms with Crippen molar-refractivity contribution in [2.45, 2.75) is 39.2 Å². The molecule has 0 unspecified atom stereocenters. The van der Waals surface area contributed by atoms with Gasteiger partial charge in [0.05, 0.1) is 11.4 Å². The highest BCUT2D eigenvalue weighted by Gasteiger charge is 2.13. The van der Waals surface area contributed by atoms with Crippen LogP contribution < -0.4 is 10.6 Å². The summed E-state index contributed by atoms with van der Waals surface area (Å²) >= 11 is 0. The number of carbonyl (C=O) groups excluding carboxylic acids is 2. The first-order valence-corrected chi connectivity index (χ1v) is 10.4. The molecule has 7 heteroatoms. The third-order valence-corrected chi connectivity index (χ3v) is 4.86. The van der Waals surface area contributed by atoms with Crippen LogP contribution in [0.25, 0.3) is 16.9 Å². The molecule has 1 heterocycles. The SMILES string of the molecule is CC(=O)NCCCCCC(=O)NCc1cn(-c2ccccc2)nc1-c1ccc(F)cc1. The van der Waals surface area contributed by atoms with Crippen LogP contribution >= 0.6 is 0 Å². The lowest BCUT2D eigenvalue weighted by molar-refractivity contribution is -0.121. The molecule has 3 aromatic rings. The Kier molecular flexibility index (Phi) is 7.92. The minimum atomic E-state index is -0.306. The first-order chi connectivity index (χ1) is 15.0. The van der Waals surface area contributed by atoms with Gasteiger partial charge in [-0.15, -0.1) is 0 Å². The molecule has 2 N–H and O–H groups in total. The van der Waals surface area contributed by atoms with Crippen molar-refractivity contribution in [2.75, 3.05) is 6.54 Å². The van der Waals surface area contributed by atoms with Crippen LogP contribution in [-0.2, 0) is 16.1 Å². The minimum Gasteiger partial charge on any atom is -0.356 e. The molecule has 0 aliphatic heterocycles. The smallest absolute Gasteiger partial charge is 0.220 e. The van der Waals surface area contributed by atoms with Crippen LogP contribution in [0.4, 0.5) is 4.39 Å². The van der Waals surface area contributed by atoms with Crippen LogP contribution in [0.3, 0.4) is 0 Å². The van der Waals surface area contributed by atoms with E-state index < -0.39 is 0 Å². The van der Waals surface area contributed by atoms with Gasteiger partial charge in [-0.2, -0.15) is 5.10 Å². The molecule has 0 atom stereocenters. The van der Waals surface area contributed by atoms with Gasteiger partial charge in [0.15, 0.2) is 0 Å². The summed E-state index contributed by atoms with van der Waals surface area (Å²) in [4.78, 5) is 23.1. The van der Waals surface area contributed by atoms with E-state index in [4.69, 9.17) is 0 Å². The molecule has 162 valence electrons. The molecule has 0 spiro atoms. The van der Waals surface area contributed by atoms with Gasteiger partial charge in [-0.1, -0.05) is 24.6 Å². The fourth-order valence-corrected chi connectivity index (χ4v) is 3.24. The zero-order chi connectivity index (χ0) is 22.1. The fourth-order valence-electron chi connectivity index (χ4n) is 3.24. The normalized spacial score (nSPS) is 10.6. The van der Waals surface area contributed by atoms with Crippen molar-refractivity contribution in [3.05, 3.63) is 72.2 Å². The molecule has 0 saturated heterocycles. The molecule has 1 aromatic heterocycles. The maximum atomic E-state index is 13.4. The molecule has 2 aromatic carbocycles. The second-order valence-electron chi connectivity index (χ2n) is 7.36. The summed E-state index contributed by atoms with van der Waals surface area (Å²) in [6.45, 7) is 2.47. The molecule has 0 bridgehead atoms. The van der Waals surface area contributed by atoms with Gasteiger partial charge in [0.25, 0.3) is 0 Å². The number of nitrogens with zero attached hydrogens (tertiary/aromatic N) is 2. The molecule has 0 saturated carbocycles. The molecule has 0 fully saturated rings. The predicted octanol–water partition coefficient (Wildman–Crippen LogP) is 3.99.